The number of hydrogen-bond acceptors (Lipinski definition) is 8. The van der Waals surface area contributed by atoms with Crippen LogP contribution in [0, 0.1) is 5.92 Å². The van der Waals surface area contributed by atoms with E-state index in [1.54, 1.807) is 7.11 Å². The lowest BCUT2D eigenvalue weighted by molar-refractivity contribution is 0.0488. The van der Waals surface area contributed by atoms with Crippen molar-refractivity contribution in [1.29, 1.82) is 0 Å². The van der Waals surface area contributed by atoms with Gasteiger partial charge in [0.25, 0.3) is 0 Å². The Morgan fingerprint density at radius 1 is 1.06 bits per heavy atom. The number of aliphatic hydroxyl groups is 1. The maximum absolute atomic E-state index is 9.96. The second-order valence-corrected chi connectivity index (χ2v) is 10.6. The predicted octanol–water partition coefficient (Wildman–Crippen LogP) is 4.55. The fourth-order valence-corrected chi connectivity index (χ4v) is 5.83. The average molecular weight is 496 g/mol. The van der Waals surface area contributed by atoms with Crippen molar-refractivity contribution in [2.24, 2.45) is 5.92 Å². The fraction of sp³-hybridized carbons (Fsp3) is 0.643. The molecule has 3 N–H and O–H groups in total. The molecule has 36 heavy (non-hydrogen) atoms. The van der Waals surface area contributed by atoms with E-state index in [9.17, 15) is 5.11 Å². The molecule has 0 unspecified atom stereocenters. The van der Waals surface area contributed by atoms with Crippen LogP contribution in [0.5, 0.6) is 5.75 Å². The number of nitrogens with zero attached hydrogens (tertiary/aromatic N) is 3. The number of nitrogens with one attached hydrogen (secondary N) is 2. The number of likely N-dealkylation sites (tertiary alicyclic amines) is 1. The van der Waals surface area contributed by atoms with Crippen LogP contribution < -0.4 is 15.4 Å². The first-order valence-electron chi connectivity index (χ1n) is 13.7. The average Bonchev–Trinajstić information content (AvgIpc) is 2.91. The van der Waals surface area contributed by atoms with Crippen LogP contribution in [-0.2, 0) is 4.74 Å². The molecular formula is C28H41N5O3. The van der Waals surface area contributed by atoms with E-state index in [0.29, 0.717) is 17.9 Å². The molecule has 5 rings (SSSR count). The van der Waals surface area contributed by atoms with Crippen LogP contribution in [0.3, 0.4) is 0 Å². The first kappa shape index (κ1) is 25.2. The van der Waals surface area contributed by atoms with E-state index in [1.165, 1.54) is 24.9 Å². The first-order chi connectivity index (χ1) is 17.7. The third-order valence-corrected chi connectivity index (χ3v) is 8.07. The molecule has 2 aliphatic heterocycles. The minimum atomic E-state index is -0.168. The third-order valence-electron chi connectivity index (χ3n) is 8.07. The van der Waals surface area contributed by atoms with Crippen molar-refractivity contribution in [3.8, 4) is 5.75 Å². The number of methoxy groups -OCH3 is 1. The zero-order chi connectivity index (χ0) is 24.7. The van der Waals surface area contributed by atoms with Gasteiger partial charge in [0.2, 0.25) is 5.95 Å². The van der Waals surface area contributed by atoms with Crippen molar-refractivity contribution in [2.75, 3.05) is 50.6 Å². The molecule has 0 amide bonds. The summed E-state index contributed by atoms with van der Waals surface area (Å²) in [7, 11) is 1.67. The van der Waals surface area contributed by atoms with E-state index in [2.05, 4.69) is 15.5 Å². The highest BCUT2D eigenvalue weighted by Gasteiger charge is 2.28. The molecule has 0 spiro atoms. The van der Waals surface area contributed by atoms with Gasteiger partial charge in [-0.2, -0.15) is 4.98 Å². The van der Waals surface area contributed by atoms with Gasteiger partial charge in [-0.1, -0.05) is 6.07 Å². The molecule has 2 aromatic rings. The first-order valence-corrected chi connectivity index (χ1v) is 13.7. The van der Waals surface area contributed by atoms with E-state index >= 15 is 0 Å². The lowest BCUT2D eigenvalue weighted by Gasteiger charge is -2.36. The minimum absolute atomic E-state index is 0.168. The molecule has 196 valence electrons. The monoisotopic (exact) mass is 495 g/mol. The highest BCUT2D eigenvalue weighted by atomic mass is 16.5. The second kappa shape index (κ2) is 12.2. The smallest absolute Gasteiger partial charge is 0.229 e. The molecular weight excluding hydrogens is 454 g/mol. The Balaban J connectivity index is 1.28. The van der Waals surface area contributed by atoms with E-state index in [1.807, 2.05) is 30.5 Å². The highest BCUT2D eigenvalue weighted by molar-refractivity contribution is 5.58. The fourth-order valence-electron chi connectivity index (χ4n) is 5.83. The van der Waals surface area contributed by atoms with E-state index in [0.717, 1.165) is 88.0 Å². The summed E-state index contributed by atoms with van der Waals surface area (Å²) in [5.41, 5.74) is 2.12. The van der Waals surface area contributed by atoms with E-state index in [4.69, 9.17) is 19.4 Å². The number of benzene rings is 1. The summed E-state index contributed by atoms with van der Waals surface area (Å²) >= 11 is 0. The molecule has 1 aromatic carbocycles. The molecule has 0 bridgehead atoms. The number of ether oxygens (including phenoxy) is 2. The number of aromatic nitrogens is 2. The summed E-state index contributed by atoms with van der Waals surface area (Å²) in [5.74, 6) is 3.56. The van der Waals surface area contributed by atoms with Gasteiger partial charge < -0.3 is 30.1 Å². The molecule has 3 fully saturated rings. The predicted molar refractivity (Wildman–Crippen MR) is 142 cm³/mol. The topological polar surface area (TPSA) is 91.8 Å². The number of anilines is 3. The van der Waals surface area contributed by atoms with Crippen LogP contribution in [0.25, 0.3) is 0 Å². The summed E-state index contributed by atoms with van der Waals surface area (Å²) in [6, 6.07) is 8.15. The van der Waals surface area contributed by atoms with Crippen LogP contribution in [-0.4, -0.2) is 72.1 Å². The van der Waals surface area contributed by atoms with Crippen molar-refractivity contribution < 1.29 is 14.6 Å². The number of rotatable bonds is 8. The summed E-state index contributed by atoms with van der Waals surface area (Å²) in [5, 5.41) is 17.0. The Labute approximate surface area is 214 Å². The molecule has 1 aromatic heterocycles. The van der Waals surface area contributed by atoms with Gasteiger partial charge >= 0.3 is 0 Å². The third kappa shape index (κ3) is 6.66. The second-order valence-electron chi connectivity index (χ2n) is 10.6. The van der Waals surface area contributed by atoms with Crippen molar-refractivity contribution >= 4 is 17.5 Å². The molecule has 0 radical (unpaired) electrons. The van der Waals surface area contributed by atoms with Crippen LogP contribution in [0.2, 0.25) is 0 Å². The Bertz CT molecular complexity index is 967. The van der Waals surface area contributed by atoms with Gasteiger partial charge in [0.1, 0.15) is 11.6 Å². The Kier molecular flexibility index (Phi) is 8.56. The lowest BCUT2D eigenvalue weighted by Crippen LogP contribution is -2.38. The van der Waals surface area contributed by atoms with E-state index in [-0.39, 0.29) is 6.10 Å². The maximum atomic E-state index is 9.96. The van der Waals surface area contributed by atoms with Crippen molar-refractivity contribution in [3.05, 3.63) is 36.0 Å². The lowest BCUT2D eigenvalue weighted by atomic mass is 9.88. The molecule has 0 atom stereocenters. The van der Waals surface area contributed by atoms with Crippen molar-refractivity contribution in [2.45, 2.75) is 69.4 Å². The molecule has 8 nitrogen and oxygen atoms in total. The largest absolute Gasteiger partial charge is 0.497 e. The van der Waals surface area contributed by atoms with Crippen LogP contribution in [0.4, 0.5) is 17.5 Å². The van der Waals surface area contributed by atoms with E-state index < -0.39 is 0 Å². The van der Waals surface area contributed by atoms with Crippen molar-refractivity contribution in [3.63, 3.8) is 0 Å². The summed E-state index contributed by atoms with van der Waals surface area (Å²) in [6.45, 7) is 5.29. The zero-order valence-corrected chi connectivity index (χ0v) is 21.5. The van der Waals surface area contributed by atoms with Gasteiger partial charge in [-0.3, -0.25) is 0 Å². The summed E-state index contributed by atoms with van der Waals surface area (Å²) in [4.78, 5) is 12.3. The number of piperidine rings is 1. The van der Waals surface area contributed by atoms with Gasteiger partial charge in [-0.05, 0) is 88.4 Å². The molecule has 1 saturated carbocycles. The number of hydrogen-bond donors (Lipinski definition) is 3. The maximum Gasteiger partial charge on any atom is 0.229 e. The standard InChI is InChI=1S/C28H41N5O3/c1-35-25-4-2-3-23(17-25)31-28-29-18-26(27(32-28)30-22-5-7-24(34)8-6-22)21-9-13-33(14-10-21)19-20-11-15-36-16-12-20/h2-4,17-18,20-22,24,34H,5-16,19H2,1H3,(H2,29,30,31,32)/t22-,24-. The zero-order valence-electron chi connectivity index (χ0n) is 21.5. The molecule has 1 aliphatic carbocycles. The molecule has 3 aliphatic rings. The van der Waals surface area contributed by atoms with Gasteiger partial charge in [0.05, 0.1) is 13.2 Å². The Morgan fingerprint density at radius 3 is 2.58 bits per heavy atom. The van der Waals surface area contributed by atoms with Crippen LogP contribution in [0.15, 0.2) is 30.5 Å². The SMILES string of the molecule is COc1cccc(Nc2ncc(C3CCN(CC4CCOCC4)CC3)c(N[C@H]3CC[C@H](O)CC3)n2)c1. The van der Waals surface area contributed by atoms with Gasteiger partial charge in [-0.25, -0.2) is 4.98 Å². The Morgan fingerprint density at radius 2 is 1.83 bits per heavy atom. The molecule has 2 saturated heterocycles. The van der Waals surface area contributed by atoms with Gasteiger partial charge in [0.15, 0.2) is 0 Å². The quantitative estimate of drug-likeness (QED) is 0.491. The summed E-state index contributed by atoms with van der Waals surface area (Å²) in [6.07, 6.45) is 10.1. The molecule has 3 heterocycles. The minimum Gasteiger partial charge on any atom is -0.497 e. The van der Waals surface area contributed by atoms with Gasteiger partial charge in [-0.15, -0.1) is 0 Å². The van der Waals surface area contributed by atoms with Crippen molar-refractivity contribution in [1.82, 2.24) is 14.9 Å². The normalized spacial score (nSPS) is 24.4. The van der Waals surface area contributed by atoms with Gasteiger partial charge in [0, 0.05) is 49.3 Å². The highest BCUT2D eigenvalue weighted by Crippen LogP contribution is 2.35. The molecule has 8 heteroatoms. The van der Waals surface area contributed by atoms with Crippen LogP contribution >= 0.6 is 0 Å². The summed E-state index contributed by atoms with van der Waals surface area (Å²) < 4.78 is 10.9. The number of aliphatic hydroxyl groups excluding tert-OH is 1. The van der Waals surface area contributed by atoms with Crippen LogP contribution in [0.1, 0.15) is 62.8 Å². The Hall–Kier alpha value is -2.42.